The lowest BCUT2D eigenvalue weighted by Gasteiger charge is -1.92. The van der Waals surface area contributed by atoms with Gasteiger partial charge in [0.25, 0.3) is 0 Å². The molecule has 6 heteroatoms. The molecule has 0 fully saturated rings. The molecule has 0 aromatic heterocycles. The number of carbonyl (C=O) groups excluding carboxylic acids is 3. The molecule has 0 unspecified atom stereocenters. The molecule has 0 aliphatic heterocycles. The van der Waals surface area contributed by atoms with E-state index in [1.54, 1.807) is 0 Å². The van der Waals surface area contributed by atoms with Crippen LogP contribution >= 0.6 is 0 Å². The molecule has 0 heterocycles. The summed E-state index contributed by atoms with van der Waals surface area (Å²) in [5.74, 6) is 0. The smallest absolute Gasteiger partial charge is 0.222 e. The van der Waals surface area contributed by atoms with Crippen molar-refractivity contribution in [3.05, 3.63) is 71.8 Å². The minimum Gasteiger partial charge on any atom is -0.222 e. The Kier molecular flexibility index (Phi) is 17.2. The van der Waals surface area contributed by atoms with E-state index in [9.17, 15) is 0 Å². The van der Waals surface area contributed by atoms with Crippen LogP contribution in [-0.4, -0.2) is 18.2 Å². The Morgan fingerprint density at radius 3 is 1.00 bits per heavy atom. The maximum atomic E-state index is 8.35. The van der Waals surface area contributed by atoms with Gasteiger partial charge >= 0.3 is 0 Å². The average molecular weight is 309 g/mol. The fourth-order valence-corrected chi connectivity index (χ4v) is 1.32. The lowest BCUT2D eigenvalue weighted by atomic mass is 10.1. The maximum Gasteiger partial charge on any atom is 0.231 e. The summed E-state index contributed by atoms with van der Waals surface area (Å²) in [5.41, 5.74) is 2.47. The van der Waals surface area contributed by atoms with Gasteiger partial charge in [0.1, 0.15) is 0 Å². The summed E-state index contributed by atoms with van der Waals surface area (Å²) in [6.45, 7) is 0. The van der Waals surface area contributed by atoms with Crippen molar-refractivity contribution in [3.63, 3.8) is 0 Å². The predicted octanol–water partition coefficient (Wildman–Crippen LogP) is 3.56. The van der Waals surface area contributed by atoms with Crippen LogP contribution in [-0.2, 0) is 14.4 Å². The predicted molar refractivity (Wildman–Crippen MR) is 87.1 cm³/mol. The fraction of sp³-hybridized carbons (Fsp3) is 0. The molecule has 0 spiro atoms. The van der Waals surface area contributed by atoms with Crippen LogP contribution < -0.4 is 0 Å². The van der Waals surface area contributed by atoms with Crippen molar-refractivity contribution >= 4 is 30.4 Å². The number of hydrogen-bond donors (Lipinski definition) is 3. The summed E-state index contributed by atoms with van der Waals surface area (Å²) in [6.07, 6.45) is 6.49. The van der Waals surface area contributed by atoms with Crippen molar-refractivity contribution in [3.8, 4) is 0 Å². The van der Waals surface area contributed by atoms with Crippen LogP contribution in [0.2, 0.25) is 0 Å². The van der Waals surface area contributed by atoms with Gasteiger partial charge in [0, 0.05) is 0 Å². The van der Waals surface area contributed by atoms with E-state index in [2.05, 4.69) is 36.4 Å². The van der Waals surface area contributed by atoms with Crippen molar-refractivity contribution in [2.45, 2.75) is 0 Å². The van der Waals surface area contributed by atoms with E-state index < -0.39 is 0 Å². The van der Waals surface area contributed by atoms with Crippen LogP contribution in [0.15, 0.2) is 60.7 Å². The van der Waals surface area contributed by atoms with E-state index in [0.29, 0.717) is 0 Å². The molecule has 2 aromatic carbocycles. The molecule has 0 bridgehead atoms. The second kappa shape index (κ2) is 18.3. The van der Waals surface area contributed by atoms with Gasteiger partial charge in [-0.1, -0.05) is 72.8 Å². The zero-order valence-electron chi connectivity index (χ0n) is 12.2. The molecule has 6 nitrogen and oxygen atoms in total. The summed E-state index contributed by atoms with van der Waals surface area (Å²) in [4.78, 5) is 25.0. The van der Waals surface area contributed by atoms with Gasteiger partial charge in [0.2, 0.25) is 18.2 Å². The second-order valence-electron chi connectivity index (χ2n) is 3.46. The zero-order chi connectivity index (χ0) is 17.8. The molecule has 0 radical (unpaired) electrons. The average Bonchev–Trinajstić information content (AvgIpc) is 2.57. The van der Waals surface area contributed by atoms with E-state index in [1.807, 2.05) is 36.4 Å². The molecule has 0 aliphatic rings. The van der Waals surface area contributed by atoms with Gasteiger partial charge in [-0.05, 0) is 11.1 Å². The molecule has 2 aromatic rings. The summed E-state index contributed by atoms with van der Waals surface area (Å²) >= 11 is 0. The first-order chi connectivity index (χ1) is 11.2. The van der Waals surface area contributed by atoms with Gasteiger partial charge in [-0.2, -0.15) is 0 Å². The second-order valence-corrected chi connectivity index (χ2v) is 3.46. The number of nitrogens with one attached hydrogen (secondary N) is 3. The van der Waals surface area contributed by atoms with E-state index >= 15 is 0 Å². The van der Waals surface area contributed by atoms with Crippen molar-refractivity contribution < 1.29 is 14.4 Å². The Labute approximate surface area is 133 Å². The fourth-order valence-electron chi connectivity index (χ4n) is 1.32. The first-order valence-electron chi connectivity index (χ1n) is 6.09. The monoisotopic (exact) mass is 309 g/mol. The highest BCUT2D eigenvalue weighted by Crippen LogP contribution is 2.06. The number of hydrogen-bond acceptors (Lipinski definition) is 6. The van der Waals surface area contributed by atoms with Gasteiger partial charge < -0.3 is 0 Å². The highest BCUT2D eigenvalue weighted by Gasteiger charge is 1.84. The molecule has 23 heavy (non-hydrogen) atoms. The number of isocyanates is 3. The number of benzene rings is 2. The van der Waals surface area contributed by atoms with Crippen molar-refractivity contribution in [1.29, 1.82) is 16.2 Å². The summed E-state index contributed by atoms with van der Waals surface area (Å²) < 4.78 is 0. The van der Waals surface area contributed by atoms with E-state index in [0.717, 1.165) is 18.2 Å². The molecule has 0 amide bonds. The third kappa shape index (κ3) is 16.3. The molecule has 0 saturated heterocycles. The van der Waals surface area contributed by atoms with Gasteiger partial charge in [-0.15, -0.1) is 0 Å². The Morgan fingerprint density at radius 1 is 0.565 bits per heavy atom. The quantitative estimate of drug-likeness (QED) is 0.446. The van der Waals surface area contributed by atoms with E-state index in [4.69, 9.17) is 30.6 Å². The molecular formula is C17H15N3O3. The molecule has 0 atom stereocenters. The largest absolute Gasteiger partial charge is 0.231 e. The summed E-state index contributed by atoms with van der Waals surface area (Å²) in [5, 5.41) is 16.2. The first kappa shape index (κ1) is 21.6. The summed E-state index contributed by atoms with van der Waals surface area (Å²) in [7, 11) is 0. The lowest BCUT2D eigenvalue weighted by molar-refractivity contribution is 0.562. The third-order valence-corrected chi connectivity index (χ3v) is 2.07. The Morgan fingerprint density at radius 2 is 0.783 bits per heavy atom. The van der Waals surface area contributed by atoms with Gasteiger partial charge in [-0.3, -0.25) is 0 Å². The zero-order valence-corrected chi connectivity index (χ0v) is 12.2. The Hall–Kier alpha value is -3.68. The van der Waals surface area contributed by atoms with Crippen LogP contribution in [0, 0.1) is 16.2 Å². The van der Waals surface area contributed by atoms with Crippen LogP contribution in [0.1, 0.15) is 11.1 Å². The highest BCUT2D eigenvalue weighted by atomic mass is 16.1. The minimum atomic E-state index is 0.750. The normalized spacial score (nSPS) is 7.48. The van der Waals surface area contributed by atoms with Crippen molar-refractivity contribution in [2.24, 2.45) is 0 Å². The first-order valence-corrected chi connectivity index (χ1v) is 6.09. The molecule has 2 rings (SSSR count). The lowest BCUT2D eigenvalue weighted by Crippen LogP contribution is -1.70. The highest BCUT2D eigenvalue weighted by molar-refractivity contribution is 5.69. The van der Waals surface area contributed by atoms with Crippen LogP contribution in [0.5, 0.6) is 0 Å². The van der Waals surface area contributed by atoms with Crippen LogP contribution in [0.4, 0.5) is 0 Å². The molecule has 0 saturated carbocycles. The maximum absolute atomic E-state index is 8.35. The Bertz CT molecular complexity index is 580. The molecule has 116 valence electrons. The Balaban J connectivity index is 0. The molecule has 0 aliphatic carbocycles. The molecular weight excluding hydrogens is 294 g/mol. The topological polar surface area (TPSA) is 123 Å². The van der Waals surface area contributed by atoms with Gasteiger partial charge in [0.05, 0.1) is 0 Å². The van der Waals surface area contributed by atoms with Crippen LogP contribution in [0.25, 0.3) is 12.2 Å². The minimum absolute atomic E-state index is 0.750. The summed E-state index contributed by atoms with van der Waals surface area (Å²) in [6, 6.07) is 20.6. The molecule has 3 N–H and O–H groups in total. The third-order valence-electron chi connectivity index (χ3n) is 2.07. The van der Waals surface area contributed by atoms with Crippen molar-refractivity contribution in [1.82, 2.24) is 0 Å². The van der Waals surface area contributed by atoms with E-state index in [1.165, 1.54) is 11.1 Å². The van der Waals surface area contributed by atoms with E-state index in [-0.39, 0.29) is 0 Å². The van der Waals surface area contributed by atoms with Gasteiger partial charge in [-0.25, -0.2) is 30.6 Å². The van der Waals surface area contributed by atoms with Crippen LogP contribution in [0.3, 0.4) is 0 Å². The standard InChI is InChI=1S/C14H12.3CHNO/c1-3-7-13(8-4-1)11-12-14-9-5-2-6-10-14;3*2-1-3/h1-12H;3*2H. The van der Waals surface area contributed by atoms with Gasteiger partial charge in [0.15, 0.2) is 0 Å². The SMILES string of the molecule is C(=Cc1ccccc1)c1ccccc1.N=C=O.N=C=O.N=C=O. The number of rotatable bonds is 2. The van der Waals surface area contributed by atoms with Crippen molar-refractivity contribution in [2.75, 3.05) is 0 Å².